The van der Waals surface area contributed by atoms with Gasteiger partial charge in [0.2, 0.25) is 0 Å². The maximum Gasteiger partial charge on any atom is 0.178 e. The fraction of sp³-hybridized carbons (Fsp3) is 0.167. The van der Waals surface area contributed by atoms with Gasteiger partial charge in [0.15, 0.2) is 5.65 Å². The number of aryl methyl sites for hydroxylation is 1. The highest BCUT2D eigenvalue weighted by atomic mass is 19.1. The third-order valence-electron chi connectivity index (χ3n) is 5.69. The Hall–Kier alpha value is -4.32. The molecule has 0 amide bonds. The minimum atomic E-state index is -0.298. The molecule has 0 atom stereocenters. The first-order valence-electron chi connectivity index (χ1n) is 11.9. The van der Waals surface area contributed by atoms with Crippen molar-refractivity contribution in [3.05, 3.63) is 114 Å². The minimum Gasteiger partial charge on any atom is -0.388 e. The summed E-state index contributed by atoms with van der Waals surface area (Å²) in [5.41, 5.74) is 8.06. The normalized spacial score (nSPS) is 11.6. The summed E-state index contributed by atoms with van der Waals surface area (Å²) in [6.07, 6.45) is 9.19. The van der Waals surface area contributed by atoms with Crippen LogP contribution in [-0.4, -0.2) is 27.0 Å². The van der Waals surface area contributed by atoms with Gasteiger partial charge in [-0.3, -0.25) is 4.98 Å². The summed E-state index contributed by atoms with van der Waals surface area (Å²) in [5.74, 6) is 0.274. The first-order valence-corrected chi connectivity index (χ1v) is 11.9. The molecule has 0 unspecified atom stereocenters. The van der Waals surface area contributed by atoms with Crippen LogP contribution < -0.4 is 5.32 Å². The van der Waals surface area contributed by atoms with Crippen LogP contribution >= 0.6 is 0 Å². The maximum atomic E-state index is 13.9. The molecule has 6 heteroatoms. The fourth-order valence-electron chi connectivity index (χ4n) is 3.89. The molecule has 184 valence electrons. The zero-order valence-electron chi connectivity index (χ0n) is 21.5. The standard InChI is InChI=1S/C28H26FN5.C2H6/c1-6-25(30-5)23(14-18(3)24-16-31-12-10-17(24)2)19(4)27-33-26-22(11-13-32-28(26)34-27)20-8-7-9-21(29)15-20;1-2/h6-16,30H,3-4H2,1-2,5H3,(H,32,33,34);1-2H3/b23-14-,25-6+;. The Morgan fingerprint density at radius 1 is 1.11 bits per heavy atom. The molecule has 3 heterocycles. The molecule has 0 saturated heterocycles. The Balaban J connectivity index is 0.00000176. The van der Waals surface area contributed by atoms with Crippen LogP contribution in [0, 0.1) is 12.7 Å². The van der Waals surface area contributed by atoms with Crippen LogP contribution in [0.3, 0.4) is 0 Å². The van der Waals surface area contributed by atoms with Gasteiger partial charge in [0, 0.05) is 53.6 Å². The number of halogens is 1. The summed E-state index contributed by atoms with van der Waals surface area (Å²) >= 11 is 0. The first-order chi connectivity index (χ1) is 17.4. The van der Waals surface area contributed by atoms with Gasteiger partial charge in [0.25, 0.3) is 0 Å². The Morgan fingerprint density at radius 2 is 1.89 bits per heavy atom. The largest absolute Gasteiger partial charge is 0.388 e. The van der Waals surface area contributed by atoms with E-state index in [1.807, 2.05) is 65.1 Å². The van der Waals surface area contributed by atoms with Crippen molar-refractivity contribution in [3.63, 3.8) is 0 Å². The smallest absolute Gasteiger partial charge is 0.178 e. The second kappa shape index (κ2) is 11.9. The quantitative estimate of drug-likeness (QED) is 0.272. The number of nitrogens with one attached hydrogen (secondary N) is 2. The molecule has 0 saturated carbocycles. The summed E-state index contributed by atoms with van der Waals surface area (Å²) in [5, 5.41) is 3.23. The number of aromatic amines is 1. The van der Waals surface area contributed by atoms with Gasteiger partial charge in [-0.1, -0.05) is 45.2 Å². The van der Waals surface area contributed by atoms with E-state index < -0.39 is 0 Å². The molecular formula is C30H32FN5. The lowest BCUT2D eigenvalue weighted by molar-refractivity contribution is 0.628. The third kappa shape index (κ3) is 5.49. The highest BCUT2D eigenvalue weighted by molar-refractivity contribution is 5.93. The van der Waals surface area contributed by atoms with Crippen molar-refractivity contribution in [2.45, 2.75) is 27.7 Å². The van der Waals surface area contributed by atoms with Gasteiger partial charge in [0.1, 0.15) is 11.6 Å². The molecule has 4 aromatic rings. The van der Waals surface area contributed by atoms with Crippen molar-refractivity contribution < 1.29 is 4.39 Å². The van der Waals surface area contributed by atoms with E-state index in [1.54, 1.807) is 24.7 Å². The maximum absolute atomic E-state index is 13.9. The summed E-state index contributed by atoms with van der Waals surface area (Å²) in [4.78, 5) is 16.7. The fourth-order valence-corrected chi connectivity index (χ4v) is 3.89. The predicted molar refractivity (Wildman–Crippen MR) is 149 cm³/mol. The average molecular weight is 482 g/mol. The lowest BCUT2D eigenvalue weighted by atomic mass is 9.96. The molecule has 0 spiro atoms. The van der Waals surface area contributed by atoms with E-state index in [2.05, 4.69) is 33.4 Å². The van der Waals surface area contributed by atoms with Crippen LogP contribution in [0.15, 0.2) is 91.6 Å². The lowest BCUT2D eigenvalue weighted by Gasteiger charge is -2.15. The first kappa shape index (κ1) is 26.3. The van der Waals surface area contributed by atoms with Gasteiger partial charge in [-0.05, 0) is 60.9 Å². The molecule has 0 radical (unpaired) electrons. The average Bonchev–Trinajstić information content (AvgIpc) is 3.34. The number of rotatable bonds is 7. The Morgan fingerprint density at radius 3 is 2.56 bits per heavy atom. The van der Waals surface area contributed by atoms with Crippen molar-refractivity contribution in [1.29, 1.82) is 0 Å². The number of aromatic nitrogens is 4. The SMILES string of the molecule is C=C(C(=C/C(=C)c1cnccc1C)/C(=C\C)NC)c1nc2nccc(-c3cccc(F)c3)c2[nH]1.CC. The summed E-state index contributed by atoms with van der Waals surface area (Å²) in [6.45, 7) is 16.6. The van der Waals surface area contributed by atoms with Crippen molar-refractivity contribution in [2.24, 2.45) is 0 Å². The molecule has 1 aromatic carbocycles. The molecule has 36 heavy (non-hydrogen) atoms. The minimum absolute atomic E-state index is 0.298. The molecule has 4 rings (SSSR count). The van der Waals surface area contributed by atoms with E-state index in [-0.39, 0.29) is 5.82 Å². The predicted octanol–water partition coefficient (Wildman–Crippen LogP) is 7.27. The van der Waals surface area contributed by atoms with Crippen LogP contribution in [-0.2, 0) is 0 Å². The molecule has 0 aliphatic rings. The van der Waals surface area contributed by atoms with Gasteiger partial charge in [0.05, 0.1) is 5.52 Å². The van der Waals surface area contributed by atoms with Gasteiger partial charge >= 0.3 is 0 Å². The highest BCUT2D eigenvalue weighted by Gasteiger charge is 2.17. The number of nitrogens with zero attached hydrogens (tertiary/aromatic N) is 3. The molecule has 5 nitrogen and oxygen atoms in total. The van der Waals surface area contributed by atoms with Crippen molar-refractivity contribution >= 4 is 22.3 Å². The molecule has 0 fully saturated rings. The molecule has 3 aromatic heterocycles. The van der Waals surface area contributed by atoms with Gasteiger partial charge in [-0.15, -0.1) is 0 Å². The Kier molecular flexibility index (Phi) is 8.68. The van der Waals surface area contributed by atoms with Crippen LogP contribution in [0.4, 0.5) is 4.39 Å². The summed E-state index contributed by atoms with van der Waals surface area (Å²) in [6, 6.07) is 10.3. The second-order valence-corrected chi connectivity index (χ2v) is 7.86. The number of hydrogen-bond acceptors (Lipinski definition) is 4. The van der Waals surface area contributed by atoms with Gasteiger partial charge in [-0.25, -0.2) is 14.4 Å². The Bertz CT molecular complexity index is 1460. The lowest BCUT2D eigenvalue weighted by Crippen LogP contribution is -2.10. The number of imidazole rings is 1. The number of allylic oxidation sites excluding steroid dienone is 4. The van der Waals surface area contributed by atoms with Crippen LogP contribution in [0.1, 0.15) is 37.7 Å². The number of H-pyrrole nitrogens is 1. The van der Waals surface area contributed by atoms with Crippen LogP contribution in [0.2, 0.25) is 0 Å². The Labute approximate surface area is 212 Å². The van der Waals surface area contributed by atoms with Crippen molar-refractivity contribution in [3.8, 4) is 11.1 Å². The highest BCUT2D eigenvalue weighted by Crippen LogP contribution is 2.32. The summed E-state index contributed by atoms with van der Waals surface area (Å²) in [7, 11) is 1.86. The third-order valence-corrected chi connectivity index (χ3v) is 5.69. The van der Waals surface area contributed by atoms with E-state index in [9.17, 15) is 4.39 Å². The molecule has 2 N–H and O–H groups in total. The van der Waals surface area contributed by atoms with Crippen molar-refractivity contribution in [2.75, 3.05) is 7.05 Å². The summed E-state index contributed by atoms with van der Waals surface area (Å²) < 4.78 is 13.9. The number of fused-ring (bicyclic) bond motifs is 1. The molecule has 0 aliphatic carbocycles. The second-order valence-electron chi connectivity index (χ2n) is 7.86. The van der Waals surface area contributed by atoms with E-state index in [0.717, 1.165) is 44.6 Å². The number of pyridine rings is 2. The zero-order chi connectivity index (χ0) is 26.2. The van der Waals surface area contributed by atoms with Gasteiger partial charge < -0.3 is 10.3 Å². The van der Waals surface area contributed by atoms with E-state index in [4.69, 9.17) is 4.98 Å². The topological polar surface area (TPSA) is 66.5 Å². The number of likely N-dealkylation sites (N-methyl/N-ethyl adjacent to an activating group) is 1. The van der Waals surface area contributed by atoms with E-state index in [0.29, 0.717) is 17.0 Å². The monoisotopic (exact) mass is 481 g/mol. The van der Waals surface area contributed by atoms with E-state index >= 15 is 0 Å². The van der Waals surface area contributed by atoms with Crippen LogP contribution in [0.5, 0.6) is 0 Å². The number of benzene rings is 1. The number of hydrogen-bond donors (Lipinski definition) is 2. The van der Waals surface area contributed by atoms with Gasteiger partial charge in [-0.2, -0.15) is 0 Å². The van der Waals surface area contributed by atoms with Crippen LogP contribution in [0.25, 0.3) is 33.4 Å². The molecular weight excluding hydrogens is 449 g/mol. The van der Waals surface area contributed by atoms with E-state index in [1.165, 1.54) is 12.1 Å². The zero-order valence-corrected chi connectivity index (χ0v) is 21.5. The molecule has 0 aliphatic heterocycles. The molecule has 0 bridgehead atoms. The van der Waals surface area contributed by atoms with Crippen molar-refractivity contribution in [1.82, 2.24) is 25.3 Å².